The number of nitrogens with zero attached hydrogens (tertiary/aromatic N) is 1. The number of ether oxygens (including phenoxy) is 1. The van der Waals surface area contributed by atoms with Crippen LogP contribution in [-0.4, -0.2) is 32.3 Å². The standard InChI is InChI=1S/C22H20Cl2N2O4S/c1-30-19-9-5-8-18(13-19)25-22(27)15-26(14-16-6-3-2-4-7-16)31(28,29)21-12-17(23)10-11-20(21)24/h2-13H,14-15H2,1H3,(H,25,27). The van der Waals surface area contributed by atoms with Crippen molar-refractivity contribution < 1.29 is 17.9 Å². The van der Waals surface area contributed by atoms with Crippen molar-refractivity contribution in [1.29, 1.82) is 0 Å². The molecule has 1 amide bonds. The number of carbonyl (C=O) groups excluding carboxylic acids is 1. The lowest BCUT2D eigenvalue weighted by molar-refractivity contribution is -0.116. The van der Waals surface area contributed by atoms with E-state index in [1.807, 2.05) is 6.07 Å². The zero-order valence-electron chi connectivity index (χ0n) is 16.6. The van der Waals surface area contributed by atoms with Gasteiger partial charge in [0, 0.05) is 23.3 Å². The van der Waals surface area contributed by atoms with Crippen LogP contribution in [-0.2, 0) is 21.4 Å². The van der Waals surface area contributed by atoms with Gasteiger partial charge in [-0.05, 0) is 35.9 Å². The Kier molecular flexibility index (Phi) is 7.56. The number of benzene rings is 3. The minimum absolute atomic E-state index is 0.0163. The topological polar surface area (TPSA) is 75.7 Å². The molecule has 0 spiro atoms. The summed E-state index contributed by atoms with van der Waals surface area (Å²) in [5, 5.41) is 2.95. The van der Waals surface area contributed by atoms with E-state index >= 15 is 0 Å². The third-order valence-electron chi connectivity index (χ3n) is 4.39. The second-order valence-electron chi connectivity index (χ2n) is 6.61. The first-order chi connectivity index (χ1) is 14.8. The maximum absolute atomic E-state index is 13.4. The normalized spacial score (nSPS) is 11.4. The second-order valence-corrected chi connectivity index (χ2v) is 9.36. The Morgan fingerprint density at radius 3 is 2.45 bits per heavy atom. The van der Waals surface area contributed by atoms with Crippen LogP contribution in [0.1, 0.15) is 5.56 Å². The summed E-state index contributed by atoms with van der Waals surface area (Å²) in [4.78, 5) is 12.6. The third kappa shape index (κ3) is 5.98. The second kappa shape index (κ2) is 10.2. The molecular formula is C22H20Cl2N2O4S. The first-order valence-corrected chi connectivity index (χ1v) is 11.4. The van der Waals surface area contributed by atoms with Gasteiger partial charge in [0.15, 0.2) is 0 Å². The lowest BCUT2D eigenvalue weighted by Crippen LogP contribution is -2.37. The number of sulfonamides is 1. The molecule has 6 nitrogen and oxygen atoms in total. The highest BCUT2D eigenvalue weighted by atomic mass is 35.5. The van der Waals surface area contributed by atoms with E-state index in [0.717, 1.165) is 9.87 Å². The lowest BCUT2D eigenvalue weighted by Gasteiger charge is -2.22. The van der Waals surface area contributed by atoms with Gasteiger partial charge in [-0.25, -0.2) is 8.42 Å². The van der Waals surface area contributed by atoms with Gasteiger partial charge in [-0.1, -0.05) is 59.6 Å². The molecule has 0 atom stereocenters. The van der Waals surface area contributed by atoms with Crippen molar-refractivity contribution in [3.05, 3.63) is 88.4 Å². The molecule has 162 valence electrons. The Morgan fingerprint density at radius 2 is 1.74 bits per heavy atom. The van der Waals surface area contributed by atoms with Crippen molar-refractivity contribution in [2.24, 2.45) is 0 Å². The van der Waals surface area contributed by atoms with Crippen LogP contribution in [0.4, 0.5) is 5.69 Å². The van der Waals surface area contributed by atoms with E-state index in [-0.39, 0.29) is 21.5 Å². The highest BCUT2D eigenvalue weighted by Crippen LogP contribution is 2.28. The number of halogens is 2. The van der Waals surface area contributed by atoms with Gasteiger partial charge >= 0.3 is 0 Å². The van der Waals surface area contributed by atoms with Gasteiger partial charge in [-0.3, -0.25) is 4.79 Å². The Labute approximate surface area is 191 Å². The minimum Gasteiger partial charge on any atom is -0.497 e. The fourth-order valence-electron chi connectivity index (χ4n) is 2.89. The van der Waals surface area contributed by atoms with E-state index < -0.39 is 22.5 Å². The average Bonchev–Trinajstić information content (AvgIpc) is 2.75. The van der Waals surface area contributed by atoms with Gasteiger partial charge < -0.3 is 10.1 Å². The monoisotopic (exact) mass is 478 g/mol. The number of amides is 1. The summed E-state index contributed by atoms with van der Waals surface area (Å²) >= 11 is 12.1. The number of methoxy groups -OCH3 is 1. The Hall–Kier alpha value is -2.58. The minimum atomic E-state index is -4.12. The molecule has 0 aliphatic heterocycles. The fraction of sp³-hybridized carbons (Fsp3) is 0.136. The van der Waals surface area contributed by atoms with Crippen molar-refractivity contribution in [3.8, 4) is 5.75 Å². The average molecular weight is 479 g/mol. The van der Waals surface area contributed by atoms with E-state index in [4.69, 9.17) is 27.9 Å². The first-order valence-electron chi connectivity index (χ1n) is 9.22. The molecule has 0 bridgehead atoms. The quantitative estimate of drug-likeness (QED) is 0.502. The molecule has 9 heteroatoms. The zero-order chi connectivity index (χ0) is 22.4. The number of nitrogens with one attached hydrogen (secondary N) is 1. The highest BCUT2D eigenvalue weighted by Gasteiger charge is 2.29. The maximum atomic E-state index is 13.4. The van der Waals surface area contributed by atoms with Crippen LogP contribution in [0.3, 0.4) is 0 Å². The maximum Gasteiger partial charge on any atom is 0.245 e. The van der Waals surface area contributed by atoms with Gasteiger partial charge in [-0.15, -0.1) is 0 Å². The van der Waals surface area contributed by atoms with Crippen LogP contribution in [0, 0.1) is 0 Å². The van der Waals surface area contributed by atoms with Crippen LogP contribution >= 0.6 is 23.2 Å². The zero-order valence-corrected chi connectivity index (χ0v) is 18.9. The molecule has 0 saturated carbocycles. The van der Waals surface area contributed by atoms with Crippen LogP contribution in [0.25, 0.3) is 0 Å². The van der Waals surface area contributed by atoms with E-state index in [2.05, 4.69) is 5.32 Å². The molecule has 0 radical (unpaired) electrons. The molecule has 0 heterocycles. The third-order valence-corrected chi connectivity index (χ3v) is 6.89. The predicted octanol–water partition coefficient (Wildman–Crippen LogP) is 4.83. The Balaban J connectivity index is 1.90. The molecule has 0 aliphatic rings. The summed E-state index contributed by atoms with van der Waals surface area (Å²) in [7, 11) is -2.60. The molecule has 3 aromatic rings. The van der Waals surface area contributed by atoms with Crippen LogP contribution in [0.5, 0.6) is 5.75 Å². The van der Waals surface area contributed by atoms with Crippen LogP contribution in [0.2, 0.25) is 10.0 Å². The van der Waals surface area contributed by atoms with Gasteiger partial charge in [0.2, 0.25) is 15.9 Å². The molecule has 1 N–H and O–H groups in total. The van der Waals surface area contributed by atoms with Crippen molar-refractivity contribution in [3.63, 3.8) is 0 Å². The van der Waals surface area contributed by atoms with Gasteiger partial charge in [0.25, 0.3) is 0 Å². The van der Waals surface area contributed by atoms with Crippen LogP contribution < -0.4 is 10.1 Å². The molecule has 0 aromatic heterocycles. The lowest BCUT2D eigenvalue weighted by atomic mass is 10.2. The molecule has 3 rings (SSSR count). The molecule has 3 aromatic carbocycles. The van der Waals surface area contributed by atoms with E-state index in [9.17, 15) is 13.2 Å². The summed E-state index contributed by atoms with van der Waals surface area (Å²) in [6.45, 7) is -0.436. The van der Waals surface area contributed by atoms with E-state index in [1.165, 1.54) is 25.3 Å². The van der Waals surface area contributed by atoms with Crippen LogP contribution in [0.15, 0.2) is 77.7 Å². The van der Waals surface area contributed by atoms with Gasteiger partial charge in [0.1, 0.15) is 10.6 Å². The largest absolute Gasteiger partial charge is 0.497 e. The van der Waals surface area contributed by atoms with Gasteiger partial charge in [0.05, 0.1) is 18.7 Å². The molecule has 0 fully saturated rings. The summed E-state index contributed by atoms with van der Waals surface area (Å²) in [6, 6.07) is 19.9. The molecule has 0 unspecified atom stereocenters. The first kappa shape index (κ1) is 23.1. The molecule has 0 aliphatic carbocycles. The Morgan fingerprint density at radius 1 is 1.00 bits per heavy atom. The summed E-state index contributed by atoms with van der Waals surface area (Å²) < 4.78 is 33.0. The number of carbonyl (C=O) groups is 1. The smallest absolute Gasteiger partial charge is 0.245 e. The predicted molar refractivity (Wildman–Crippen MR) is 122 cm³/mol. The van der Waals surface area contributed by atoms with Crippen molar-refractivity contribution in [1.82, 2.24) is 4.31 Å². The summed E-state index contributed by atoms with van der Waals surface area (Å²) in [5.41, 5.74) is 1.21. The number of hydrogen-bond donors (Lipinski definition) is 1. The number of hydrogen-bond acceptors (Lipinski definition) is 4. The van der Waals surface area contributed by atoms with E-state index in [0.29, 0.717) is 11.4 Å². The van der Waals surface area contributed by atoms with Crippen molar-refractivity contribution in [2.75, 3.05) is 19.0 Å². The van der Waals surface area contributed by atoms with Crippen molar-refractivity contribution in [2.45, 2.75) is 11.4 Å². The fourth-order valence-corrected chi connectivity index (χ4v) is 5.01. The summed E-state index contributed by atoms with van der Waals surface area (Å²) in [5.74, 6) is 0.0585. The molecule has 0 saturated heterocycles. The van der Waals surface area contributed by atoms with E-state index in [1.54, 1.807) is 48.5 Å². The Bertz CT molecular complexity index is 1170. The van der Waals surface area contributed by atoms with Gasteiger partial charge in [-0.2, -0.15) is 4.31 Å². The molecule has 31 heavy (non-hydrogen) atoms. The summed E-state index contributed by atoms with van der Waals surface area (Å²) in [6.07, 6.45) is 0. The van der Waals surface area contributed by atoms with Crippen molar-refractivity contribution >= 4 is 44.8 Å². The SMILES string of the molecule is COc1cccc(NC(=O)CN(Cc2ccccc2)S(=O)(=O)c2cc(Cl)ccc2Cl)c1. The molecular weight excluding hydrogens is 459 g/mol. The number of anilines is 1. The highest BCUT2D eigenvalue weighted by molar-refractivity contribution is 7.89. The number of rotatable bonds is 8.